The van der Waals surface area contributed by atoms with E-state index in [9.17, 15) is 9.59 Å². The lowest BCUT2D eigenvalue weighted by molar-refractivity contribution is 0.0772. The monoisotopic (exact) mass is 386 g/mol. The van der Waals surface area contributed by atoms with Crippen molar-refractivity contribution in [2.24, 2.45) is 11.7 Å². The van der Waals surface area contributed by atoms with Crippen LogP contribution < -0.4 is 10.5 Å². The van der Waals surface area contributed by atoms with E-state index in [1.165, 1.54) is 10.7 Å². The highest BCUT2D eigenvalue weighted by Crippen LogP contribution is 2.34. The maximum atomic E-state index is 12.7. The zero-order valence-corrected chi connectivity index (χ0v) is 16.3. The molecule has 2 amide bonds. The molecular formula is C20H26N4O4. The highest BCUT2D eigenvalue weighted by molar-refractivity contribution is 5.97. The summed E-state index contributed by atoms with van der Waals surface area (Å²) in [6.45, 7) is 4.07. The Balaban J connectivity index is 1.89. The molecule has 1 saturated carbocycles. The number of nitrogens with zero attached hydrogens (tertiary/aromatic N) is 3. The summed E-state index contributed by atoms with van der Waals surface area (Å²) in [5, 5.41) is 13.3. The predicted molar refractivity (Wildman–Crippen MR) is 103 cm³/mol. The fourth-order valence-electron chi connectivity index (χ4n) is 3.32. The van der Waals surface area contributed by atoms with Crippen LogP contribution >= 0.6 is 0 Å². The highest BCUT2D eigenvalue weighted by atomic mass is 16.5. The van der Waals surface area contributed by atoms with Gasteiger partial charge in [-0.1, -0.05) is 19.1 Å². The first-order valence-corrected chi connectivity index (χ1v) is 9.33. The van der Waals surface area contributed by atoms with E-state index in [-0.39, 0.29) is 42.6 Å². The van der Waals surface area contributed by atoms with Crippen LogP contribution in [0.5, 0.6) is 5.75 Å². The molecule has 2 aromatic rings. The first-order chi connectivity index (χ1) is 13.3. The van der Waals surface area contributed by atoms with Gasteiger partial charge in [-0.15, -0.1) is 0 Å². The number of aliphatic hydroxyl groups is 1. The third-order valence-corrected chi connectivity index (χ3v) is 5.16. The average Bonchev–Trinajstić information content (AvgIpc) is 3.25. The number of ether oxygens (including phenoxy) is 1. The van der Waals surface area contributed by atoms with Gasteiger partial charge in [0.2, 0.25) is 0 Å². The minimum atomic E-state index is -0.645. The average molecular weight is 386 g/mol. The molecule has 1 aromatic heterocycles. The number of benzene rings is 1. The number of carbonyl (C=O) groups excluding carboxylic acids is 2. The molecule has 0 saturated heterocycles. The molecule has 3 atom stereocenters. The molecule has 1 aliphatic rings. The summed E-state index contributed by atoms with van der Waals surface area (Å²) in [6.07, 6.45) is 0.975. The van der Waals surface area contributed by atoms with Crippen molar-refractivity contribution in [1.29, 1.82) is 0 Å². The zero-order chi connectivity index (χ0) is 20.4. The number of nitrogens with two attached hydrogens (primary N) is 1. The predicted octanol–water partition coefficient (Wildman–Crippen LogP) is 1.44. The number of primary amides is 1. The van der Waals surface area contributed by atoms with Gasteiger partial charge in [0.1, 0.15) is 18.1 Å². The van der Waals surface area contributed by atoms with Gasteiger partial charge in [-0.05, 0) is 37.0 Å². The van der Waals surface area contributed by atoms with Crippen molar-refractivity contribution in [2.75, 3.05) is 20.3 Å². The lowest BCUT2D eigenvalue weighted by atomic mass is 10.1. The van der Waals surface area contributed by atoms with Crippen LogP contribution in [-0.2, 0) is 0 Å². The summed E-state index contributed by atoms with van der Waals surface area (Å²) in [7, 11) is 1.75. The topological polar surface area (TPSA) is 111 Å². The van der Waals surface area contributed by atoms with Crippen LogP contribution in [-0.4, -0.2) is 57.9 Å². The van der Waals surface area contributed by atoms with Crippen LogP contribution in [0, 0.1) is 5.92 Å². The van der Waals surface area contributed by atoms with Crippen molar-refractivity contribution in [3.63, 3.8) is 0 Å². The van der Waals surface area contributed by atoms with E-state index in [4.69, 9.17) is 15.6 Å². The Morgan fingerprint density at radius 3 is 2.75 bits per heavy atom. The lowest BCUT2D eigenvalue weighted by Crippen LogP contribution is -2.30. The Morgan fingerprint density at radius 2 is 2.14 bits per heavy atom. The summed E-state index contributed by atoms with van der Waals surface area (Å²) in [5.74, 6) is 0.216. The summed E-state index contributed by atoms with van der Waals surface area (Å²) < 4.78 is 6.92. The van der Waals surface area contributed by atoms with Crippen molar-refractivity contribution in [2.45, 2.75) is 32.4 Å². The van der Waals surface area contributed by atoms with E-state index in [0.29, 0.717) is 11.7 Å². The number of aliphatic hydroxyl groups excluding tert-OH is 1. The molecule has 0 bridgehead atoms. The molecule has 3 N–H and O–H groups in total. The molecule has 1 unspecified atom stereocenters. The van der Waals surface area contributed by atoms with E-state index < -0.39 is 5.91 Å². The van der Waals surface area contributed by atoms with Crippen LogP contribution in [0.1, 0.15) is 52.9 Å². The molecular weight excluding hydrogens is 360 g/mol. The SMILES string of the molecule is CC(c1cccc(OCCO)c1)n1nc(C(=O)N(C)[C@H]2C[C@@H]2C)cc1C(N)=O. The molecule has 0 aliphatic heterocycles. The summed E-state index contributed by atoms with van der Waals surface area (Å²) >= 11 is 0. The molecule has 150 valence electrons. The number of amides is 2. The van der Waals surface area contributed by atoms with Crippen LogP contribution in [0.4, 0.5) is 0 Å². The molecule has 1 fully saturated rings. The smallest absolute Gasteiger partial charge is 0.274 e. The van der Waals surface area contributed by atoms with Gasteiger partial charge in [-0.2, -0.15) is 5.10 Å². The zero-order valence-electron chi connectivity index (χ0n) is 16.3. The minimum absolute atomic E-state index is 0.0800. The fourth-order valence-corrected chi connectivity index (χ4v) is 3.32. The Morgan fingerprint density at radius 1 is 1.43 bits per heavy atom. The first-order valence-electron chi connectivity index (χ1n) is 9.33. The van der Waals surface area contributed by atoms with Crippen LogP contribution in [0.3, 0.4) is 0 Å². The third kappa shape index (κ3) is 4.01. The largest absolute Gasteiger partial charge is 0.491 e. The van der Waals surface area contributed by atoms with Crippen molar-refractivity contribution in [1.82, 2.24) is 14.7 Å². The normalized spacial score (nSPS) is 19.1. The van der Waals surface area contributed by atoms with Crippen molar-refractivity contribution >= 4 is 11.8 Å². The number of rotatable bonds is 8. The Labute approximate surface area is 163 Å². The number of aromatic nitrogens is 2. The van der Waals surface area contributed by atoms with Gasteiger partial charge in [0.25, 0.3) is 11.8 Å². The van der Waals surface area contributed by atoms with Crippen LogP contribution in [0.25, 0.3) is 0 Å². The van der Waals surface area contributed by atoms with Gasteiger partial charge in [0, 0.05) is 19.2 Å². The number of hydrogen-bond donors (Lipinski definition) is 2. The minimum Gasteiger partial charge on any atom is -0.491 e. The van der Waals surface area contributed by atoms with E-state index in [0.717, 1.165) is 12.0 Å². The summed E-state index contributed by atoms with van der Waals surface area (Å²) in [4.78, 5) is 26.4. The Kier molecular flexibility index (Phi) is 5.69. The molecule has 0 spiro atoms. The second kappa shape index (κ2) is 8.02. The second-order valence-corrected chi connectivity index (χ2v) is 7.24. The summed E-state index contributed by atoms with van der Waals surface area (Å²) in [6, 6.07) is 8.62. The Bertz CT molecular complexity index is 879. The lowest BCUT2D eigenvalue weighted by Gasteiger charge is -2.17. The fraction of sp³-hybridized carbons (Fsp3) is 0.450. The Hall–Kier alpha value is -2.87. The summed E-state index contributed by atoms with van der Waals surface area (Å²) in [5.41, 5.74) is 6.75. The van der Waals surface area contributed by atoms with Gasteiger partial charge < -0.3 is 20.5 Å². The maximum absolute atomic E-state index is 12.7. The quantitative estimate of drug-likeness (QED) is 0.713. The number of carbonyl (C=O) groups is 2. The van der Waals surface area contributed by atoms with Gasteiger partial charge in [0.05, 0.1) is 12.6 Å². The van der Waals surface area contributed by atoms with Crippen LogP contribution in [0.2, 0.25) is 0 Å². The highest BCUT2D eigenvalue weighted by Gasteiger charge is 2.39. The van der Waals surface area contributed by atoms with E-state index >= 15 is 0 Å². The molecule has 1 heterocycles. The van der Waals surface area contributed by atoms with Gasteiger partial charge in [-0.3, -0.25) is 14.3 Å². The van der Waals surface area contributed by atoms with Gasteiger partial charge in [0.15, 0.2) is 5.69 Å². The number of hydrogen-bond acceptors (Lipinski definition) is 5. The molecule has 0 radical (unpaired) electrons. The van der Waals surface area contributed by atoms with Crippen molar-refractivity contribution in [3.8, 4) is 5.75 Å². The maximum Gasteiger partial charge on any atom is 0.274 e. The third-order valence-electron chi connectivity index (χ3n) is 5.16. The second-order valence-electron chi connectivity index (χ2n) is 7.24. The van der Waals surface area contributed by atoms with Crippen molar-refractivity contribution < 1.29 is 19.4 Å². The van der Waals surface area contributed by atoms with E-state index in [2.05, 4.69) is 12.0 Å². The first kappa shape index (κ1) is 19.9. The van der Waals surface area contributed by atoms with E-state index in [1.807, 2.05) is 25.1 Å². The van der Waals surface area contributed by atoms with Gasteiger partial charge >= 0.3 is 0 Å². The molecule has 3 rings (SSSR count). The molecule has 8 nitrogen and oxygen atoms in total. The van der Waals surface area contributed by atoms with Gasteiger partial charge in [-0.25, -0.2) is 0 Å². The van der Waals surface area contributed by atoms with Crippen molar-refractivity contribution in [3.05, 3.63) is 47.3 Å². The van der Waals surface area contributed by atoms with Crippen LogP contribution in [0.15, 0.2) is 30.3 Å². The van der Waals surface area contributed by atoms with E-state index in [1.54, 1.807) is 18.0 Å². The standard InChI is InChI=1S/C20H26N4O4/c1-12-9-17(12)23(3)20(27)16-11-18(19(21)26)24(22-16)13(2)14-5-4-6-15(10-14)28-8-7-25/h4-6,10-13,17,25H,7-9H2,1-3H3,(H2,21,26)/t12-,13?,17-/m0/s1. The molecule has 8 heteroatoms. The molecule has 28 heavy (non-hydrogen) atoms. The molecule has 1 aromatic carbocycles. The molecule has 1 aliphatic carbocycles.